The Hall–Kier alpha value is -6.39. The number of likely N-dealkylation sites (N-methyl/N-ethyl adjacent to an activating group) is 1. The van der Waals surface area contributed by atoms with Gasteiger partial charge in [-0.1, -0.05) is 111 Å². The summed E-state index contributed by atoms with van der Waals surface area (Å²) in [5.74, 6) is 0.804. The summed E-state index contributed by atoms with van der Waals surface area (Å²) in [5, 5.41) is 0. The normalized spacial score (nSPS) is 16.0. The number of hydrogen-bond acceptors (Lipinski definition) is 7. The summed E-state index contributed by atoms with van der Waals surface area (Å²) in [6.45, 7) is 4.49. The van der Waals surface area contributed by atoms with Crippen LogP contribution >= 0.6 is 0 Å². The fourth-order valence-electron chi connectivity index (χ4n) is 7.66. The molecule has 0 amide bonds. The Labute approximate surface area is 340 Å². The van der Waals surface area contributed by atoms with Crippen LogP contribution < -0.4 is 32.8 Å². The highest BCUT2D eigenvalue weighted by molar-refractivity contribution is 6.32. The van der Waals surface area contributed by atoms with E-state index in [-0.39, 0.29) is 11.2 Å². The fraction of sp³-hybridized carbons (Fsp3) is 0.102. The zero-order valence-corrected chi connectivity index (χ0v) is 33.2. The lowest BCUT2D eigenvalue weighted by atomic mass is 9.83. The molecule has 5 aromatic carbocycles. The van der Waals surface area contributed by atoms with Crippen LogP contribution in [0.15, 0.2) is 187 Å². The van der Waals surface area contributed by atoms with Gasteiger partial charge in [-0.15, -0.1) is 10.2 Å². The highest BCUT2D eigenvalue weighted by atomic mass is 35.7. The lowest BCUT2D eigenvalue weighted by molar-refractivity contribution is -2.00. The first-order chi connectivity index (χ1) is 27.8. The minimum atomic E-state index is -4.94. The van der Waals surface area contributed by atoms with Crippen molar-refractivity contribution in [2.24, 2.45) is 0 Å². The number of carbonyl (C=O) groups is 1. The summed E-state index contributed by atoms with van der Waals surface area (Å²) in [7, 11) is -1.15. The van der Waals surface area contributed by atoms with E-state index in [2.05, 4.69) is 140 Å². The topological polar surface area (TPSA) is 126 Å². The van der Waals surface area contributed by atoms with Crippen molar-refractivity contribution in [3.63, 3.8) is 0 Å². The minimum absolute atomic E-state index is 0.00857. The molecule has 9 heteroatoms. The molecule has 0 radical (unpaired) electrons. The van der Waals surface area contributed by atoms with Crippen molar-refractivity contribution in [3.8, 4) is 39.4 Å². The van der Waals surface area contributed by atoms with E-state index in [4.69, 9.17) is 23.4 Å². The third-order valence-corrected chi connectivity index (χ3v) is 10.4. The molecule has 1 aromatic heterocycles. The van der Waals surface area contributed by atoms with Crippen LogP contribution in [0.3, 0.4) is 0 Å². The maximum atomic E-state index is 14.5. The number of ether oxygens (including phenoxy) is 1. The van der Waals surface area contributed by atoms with Crippen molar-refractivity contribution < 1.29 is 43.0 Å². The average Bonchev–Trinajstić information content (AvgIpc) is 3.43. The first-order valence-electron chi connectivity index (χ1n) is 18.6. The number of pyridine rings is 1. The maximum Gasteiger partial charge on any atom is 0.219 e. The number of rotatable bonds is 7. The molecule has 0 N–H and O–H groups in total. The molecule has 0 unspecified atom stereocenters. The van der Waals surface area contributed by atoms with E-state index in [1.165, 1.54) is 11.3 Å². The van der Waals surface area contributed by atoms with E-state index in [0.717, 1.165) is 56.3 Å². The van der Waals surface area contributed by atoms with Gasteiger partial charge in [0.25, 0.3) is 0 Å². The predicted molar refractivity (Wildman–Crippen MR) is 217 cm³/mol. The summed E-state index contributed by atoms with van der Waals surface area (Å²) < 4.78 is 41.8. The van der Waals surface area contributed by atoms with E-state index < -0.39 is 10.2 Å². The highest BCUT2D eigenvalue weighted by Crippen LogP contribution is 2.47. The molecular weight excluding hydrogens is 748 g/mol. The lowest BCUT2D eigenvalue weighted by Gasteiger charge is -2.24. The van der Waals surface area contributed by atoms with Crippen molar-refractivity contribution in [2.45, 2.75) is 19.3 Å². The Morgan fingerprint density at radius 2 is 1.12 bits per heavy atom. The van der Waals surface area contributed by atoms with Gasteiger partial charge in [-0.2, -0.15) is 4.57 Å². The van der Waals surface area contributed by atoms with Gasteiger partial charge in [0, 0.05) is 70.4 Å². The van der Waals surface area contributed by atoms with Crippen molar-refractivity contribution in [3.05, 3.63) is 198 Å². The molecule has 0 fully saturated rings. The Morgan fingerprint density at radius 3 is 1.64 bits per heavy atom. The zero-order chi connectivity index (χ0) is 41.0. The predicted octanol–water partition coefficient (Wildman–Crippen LogP) is 5.97. The Morgan fingerprint density at radius 1 is 0.621 bits per heavy atom. The van der Waals surface area contributed by atoms with E-state index in [1.54, 1.807) is 7.11 Å². The third kappa shape index (κ3) is 8.47. The van der Waals surface area contributed by atoms with Crippen molar-refractivity contribution in [2.75, 3.05) is 19.1 Å². The number of ketones is 1. The van der Waals surface area contributed by atoms with E-state index in [9.17, 15) is 4.79 Å². The zero-order valence-electron chi connectivity index (χ0n) is 32.5. The second-order valence-electron chi connectivity index (χ2n) is 14.4. The number of anilines is 1. The molecular formula is C49H41ClN2O6. The SMILES string of the molecule is COc1ccc(-c2cc(-c3ccccc3)[n+](C3=C/C(=C/C=C4\N(C)c5ccccc5C4(C)C)C(=O)C(c4ccccc4)=C3)c(-c3ccccc3)c2)cc1.[O-][Cl+3]([O-])([O-])[O-]. The largest absolute Gasteiger partial charge is 0.497 e. The van der Waals surface area contributed by atoms with Gasteiger partial charge in [-0.05, 0) is 76.9 Å². The molecule has 2 heterocycles. The quantitative estimate of drug-likeness (QED) is 0.144. The number of carbonyl (C=O) groups excluding carboxylic acids is 1. The number of para-hydroxylation sites is 1. The first kappa shape index (κ1) is 39.8. The summed E-state index contributed by atoms with van der Waals surface area (Å²) in [5.41, 5.74) is 12.7. The standard InChI is InChI=1S/C49H41N2O2.ClHO4/c1-49(2)43-22-14-15-23-44(43)50(3)47(49)29-26-38-30-40(33-42(48(38)52)35-16-8-5-9-17-35)51-45(36-18-10-6-11-19-36)31-39(34-24-27-41(53-4)28-25-34)32-46(51)37-20-12-7-13-21-37;2-1(3,4)5/h5-33H,1-4H3;(H,2,3,4,5)/q+1;/p-1/b38-26-,47-29-;. The highest BCUT2D eigenvalue weighted by Gasteiger charge is 2.38. The van der Waals surface area contributed by atoms with Gasteiger partial charge in [0.2, 0.25) is 17.1 Å². The van der Waals surface area contributed by atoms with Gasteiger partial charge in [0.15, 0.2) is 5.78 Å². The van der Waals surface area contributed by atoms with Gasteiger partial charge in [-0.3, -0.25) is 4.79 Å². The minimum Gasteiger partial charge on any atom is -0.497 e. The van der Waals surface area contributed by atoms with Crippen molar-refractivity contribution in [1.29, 1.82) is 0 Å². The molecule has 2 aliphatic rings. The van der Waals surface area contributed by atoms with Gasteiger partial charge in [0.1, 0.15) is 5.75 Å². The Bertz CT molecular complexity index is 2510. The summed E-state index contributed by atoms with van der Waals surface area (Å²) in [6.07, 6.45) is 8.24. The monoisotopic (exact) mass is 788 g/mol. The Kier molecular flexibility index (Phi) is 11.4. The molecule has 8 rings (SSSR count). The lowest BCUT2D eigenvalue weighted by Crippen LogP contribution is -2.68. The van der Waals surface area contributed by atoms with Gasteiger partial charge in [-0.25, -0.2) is 18.6 Å². The number of fused-ring (bicyclic) bond motifs is 1. The Balaban J connectivity index is 0.000000966. The number of nitrogens with zero attached hydrogens (tertiary/aromatic N) is 2. The van der Waals surface area contributed by atoms with Crippen LogP contribution in [0, 0.1) is 10.2 Å². The van der Waals surface area contributed by atoms with Crippen LogP contribution in [0.2, 0.25) is 0 Å². The number of halogens is 1. The fourth-order valence-corrected chi connectivity index (χ4v) is 7.66. The number of Topliss-reactive ketones (excluding diaryl/α,β-unsaturated/α-hetero) is 1. The molecule has 0 saturated heterocycles. The second-order valence-corrected chi connectivity index (χ2v) is 15.1. The summed E-state index contributed by atoms with van der Waals surface area (Å²) in [4.78, 5) is 16.8. The second kappa shape index (κ2) is 16.6. The molecule has 0 saturated carbocycles. The average molecular weight is 789 g/mol. The molecule has 1 aliphatic heterocycles. The number of aromatic nitrogens is 1. The number of allylic oxidation sites excluding steroid dienone is 8. The van der Waals surface area contributed by atoms with Crippen LogP contribution in [-0.4, -0.2) is 19.9 Å². The molecule has 0 bridgehead atoms. The number of benzene rings is 5. The third-order valence-electron chi connectivity index (χ3n) is 10.4. The first-order valence-corrected chi connectivity index (χ1v) is 19.8. The van der Waals surface area contributed by atoms with E-state index in [1.807, 2.05) is 66.7 Å². The molecule has 6 aromatic rings. The molecule has 1 aliphatic carbocycles. The number of hydrogen-bond donors (Lipinski definition) is 0. The van der Waals surface area contributed by atoms with Gasteiger partial charge < -0.3 is 9.64 Å². The molecule has 58 heavy (non-hydrogen) atoms. The van der Waals surface area contributed by atoms with Crippen molar-refractivity contribution in [1.82, 2.24) is 0 Å². The van der Waals surface area contributed by atoms with Crippen LogP contribution in [0.1, 0.15) is 25.0 Å². The van der Waals surface area contributed by atoms with Gasteiger partial charge >= 0.3 is 0 Å². The van der Waals surface area contributed by atoms with Crippen LogP contribution in [0.4, 0.5) is 5.69 Å². The summed E-state index contributed by atoms with van der Waals surface area (Å²) in [6, 6.07) is 52.1. The maximum absolute atomic E-state index is 14.5. The van der Waals surface area contributed by atoms with Crippen LogP contribution in [0.25, 0.3) is 44.9 Å². The van der Waals surface area contributed by atoms with Gasteiger partial charge in [0.05, 0.1) is 7.11 Å². The smallest absolute Gasteiger partial charge is 0.219 e. The molecule has 290 valence electrons. The molecule has 8 nitrogen and oxygen atoms in total. The van der Waals surface area contributed by atoms with E-state index in [0.29, 0.717) is 11.1 Å². The number of methoxy groups -OCH3 is 1. The van der Waals surface area contributed by atoms with Crippen LogP contribution in [0.5, 0.6) is 5.75 Å². The molecule has 0 atom stereocenters. The molecule has 0 spiro atoms. The summed E-state index contributed by atoms with van der Waals surface area (Å²) >= 11 is 0. The van der Waals surface area contributed by atoms with Crippen molar-refractivity contribution >= 4 is 22.7 Å². The van der Waals surface area contributed by atoms with E-state index >= 15 is 0 Å². The van der Waals surface area contributed by atoms with Crippen LogP contribution in [-0.2, 0) is 10.2 Å².